The van der Waals surface area contributed by atoms with Gasteiger partial charge in [0.1, 0.15) is 0 Å². The molecule has 0 saturated carbocycles. The molecular weight excluding hydrogens is 240 g/mol. The van der Waals surface area contributed by atoms with Crippen molar-refractivity contribution in [2.24, 2.45) is 0 Å². The highest BCUT2D eigenvalue weighted by molar-refractivity contribution is 7.98. The monoisotopic (exact) mass is 264 g/mol. The molecule has 0 bridgehead atoms. The molecule has 1 aromatic rings. The van der Waals surface area contributed by atoms with Crippen molar-refractivity contribution in [1.29, 1.82) is 0 Å². The standard InChI is InChI=1S/C15H24N2S/c1-12(11-18-3)17(2)10-13-8-9-16-15-7-5-4-6-14(13)15/h4-7,12-13,16H,8-11H2,1-3H3. The summed E-state index contributed by atoms with van der Waals surface area (Å²) in [5.74, 6) is 1.89. The minimum atomic E-state index is 0.655. The Bertz CT molecular complexity index is 381. The molecule has 0 aromatic heterocycles. The smallest absolute Gasteiger partial charge is 0.0376 e. The zero-order valence-electron chi connectivity index (χ0n) is 11.6. The second-order valence-electron chi connectivity index (χ2n) is 5.24. The van der Waals surface area contributed by atoms with E-state index in [0.29, 0.717) is 12.0 Å². The Kier molecular flexibility index (Phi) is 4.95. The highest BCUT2D eigenvalue weighted by Gasteiger charge is 2.22. The molecule has 2 nitrogen and oxygen atoms in total. The lowest BCUT2D eigenvalue weighted by Crippen LogP contribution is -2.36. The number of fused-ring (bicyclic) bond motifs is 1. The van der Waals surface area contributed by atoms with Gasteiger partial charge in [0.25, 0.3) is 0 Å². The number of rotatable bonds is 5. The molecule has 0 saturated heterocycles. The zero-order valence-corrected chi connectivity index (χ0v) is 12.5. The van der Waals surface area contributed by atoms with Gasteiger partial charge in [0.15, 0.2) is 0 Å². The molecule has 0 radical (unpaired) electrons. The summed E-state index contributed by atoms with van der Waals surface area (Å²) in [6, 6.07) is 9.41. The Morgan fingerprint density at radius 1 is 1.44 bits per heavy atom. The predicted molar refractivity (Wildman–Crippen MR) is 82.8 cm³/mol. The number of thioether (sulfide) groups is 1. The van der Waals surface area contributed by atoms with Crippen LogP contribution in [0.4, 0.5) is 5.69 Å². The number of hydrogen-bond donors (Lipinski definition) is 1. The van der Waals surface area contributed by atoms with Crippen molar-refractivity contribution >= 4 is 17.4 Å². The maximum atomic E-state index is 3.50. The second kappa shape index (κ2) is 6.48. The molecule has 2 rings (SSSR count). The Morgan fingerprint density at radius 2 is 2.22 bits per heavy atom. The highest BCUT2D eigenvalue weighted by atomic mass is 32.2. The zero-order chi connectivity index (χ0) is 13.0. The van der Waals surface area contributed by atoms with E-state index in [1.54, 1.807) is 0 Å². The summed E-state index contributed by atoms with van der Waals surface area (Å²) in [7, 11) is 2.26. The van der Waals surface area contributed by atoms with Crippen LogP contribution in [0.15, 0.2) is 24.3 Å². The van der Waals surface area contributed by atoms with E-state index in [4.69, 9.17) is 0 Å². The molecule has 2 atom stereocenters. The first-order valence-corrected chi connectivity index (χ1v) is 8.13. The quantitative estimate of drug-likeness (QED) is 0.878. The summed E-state index contributed by atoms with van der Waals surface area (Å²) < 4.78 is 0. The number of hydrogen-bond acceptors (Lipinski definition) is 3. The Balaban J connectivity index is 2.02. The molecule has 0 spiro atoms. The van der Waals surface area contributed by atoms with E-state index >= 15 is 0 Å². The van der Waals surface area contributed by atoms with Crippen LogP contribution in [0.25, 0.3) is 0 Å². The maximum absolute atomic E-state index is 3.50. The van der Waals surface area contributed by atoms with Crippen molar-refractivity contribution in [2.75, 3.05) is 37.5 Å². The van der Waals surface area contributed by atoms with Crippen LogP contribution in [0.5, 0.6) is 0 Å². The molecule has 1 N–H and O–H groups in total. The van der Waals surface area contributed by atoms with Crippen molar-refractivity contribution < 1.29 is 0 Å². The summed E-state index contributed by atoms with van der Waals surface area (Å²) in [4.78, 5) is 2.50. The van der Waals surface area contributed by atoms with Gasteiger partial charge in [-0.05, 0) is 38.3 Å². The summed E-state index contributed by atoms with van der Waals surface area (Å²) in [5, 5.41) is 3.50. The van der Waals surface area contributed by atoms with Gasteiger partial charge in [-0.1, -0.05) is 18.2 Å². The van der Waals surface area contributed by atoms with Crippen LogP contribution >= 0.6 is 11.8 Å². The SMILES string of the molecule is CSCC(C)N(C)CC1CCNc2ccccc21. The van der Waals surface area contributed by atoms with Gasteiger partial charge >= 0.3 is 0 Å². The third-order valence-electron chi connectivity index (χ3n) is 3.88. The van der Waals surface area contributed by atoms with Crippen LogP contribution in [-0.4, -0.2) is 43.1 Å². The summed E-state index contributed by atoms with van der Waals surface area (Å²) in [6.45, 7) is 4.59. The van der Waals surface area contributed by atoms with Gasteiger partial charge in [-0.15, -0.1) is 0 Å². The maximum Gasteiger partial charge on any atom is 0.0376 e. The van der Waals surface area contributed by atoms with Gasteiger partial charge in [0.2, 0.25) is 0 Å². The Hall–Kier alpha value is -0.670. The third kappa shape index (κ3) is 3.21. The average Bonchev–Trinajstić information content (AvgIpc) is 2.39. The van der Waals surface area contributed by atoms with Crippen LogP contribution in [0.1, 0.15) is 24.8 Å². The fraction of sp³-hybridized carbons (Fsp3) is 0.600. The first-order chi connectivity index (χ1) is 8.72. The summed E-state index contributed by atoms with van der Waals surface area (Å²) in [6.07, 6.45) is 3.43. The molecule has 1 aliphatic rings. The van der Waals surface area contributed by atoms with Crippen molar-refractivity contribution in [3.63, 3.8) is 0 Å². The lowest BCUT2D eigenvalue weighted by molar-refractivity contribution is 0.255. The van der Waals surface area contributed by atoms with Crippen LogP contribution in [0, 0.1) is 0 Å². The predicted octanol–water partition coefficient (Wildman–Crippen LogP) is 3.27. The number of benzene rings is 1. The summed E-state index contributed by atoms with van der Waals surface area (Å²) in [5.41, 5.74) is 2.83. The first-order valence-electron chi connectivity index (χ1n) is 6.74. The normalized spacial score (nSPS) is 20.3. The third-order valence-corrected chi connectivity index (χ3v) is 4.69. The lowest BCUT2D eigenvalue weighted by atomic mass is 9.90. The van der Waals surface area contributed by atoms with Crippen LogP contribution in [0.2, 0.25) is 0 Å². The van der Waals surface area contributed by atoms with Gasteiger partial charge in [-0.25, -0.2) is 0 Å². The second-order valence-corrected chi connectivity index (χ2v) is 6.15. The lowest BCUT2D eigenvalue weighted by Gasteiger charge is -2.32. The molecule has 1 aliphatic heterocycles. The minimum absolute atomic E-state index is 0.655. The van der Waals surface area contributed by atoms with E-state index < -0.39 is 0 Å². The van der Waals surface area contributed by atoms with Crippen molar-refractivity contribution in [1.82, 2.24) is 4.90 Å². The van der Waals surface area contributed by atoms with E-state index in [-0.39, 0.29) is 0 Å². The van der Waals surface area contributed by atoms with Gasteiger partial charge < -0.3 is 10.2 Å². The average molecular weight is 264 g/mol. The molecular formula is C15H24N2S. The summed E-state index contributed by atoms with van der Waals surface area (Å²) >= 11 is 1.93. The van der Waals surface area contributed by atoms with Crippen molar-refractivity contribution in [2.45, 2.75) is 25.3 Å². The molecule has 2 unspecified atom stereocenters. The van der Waals surface area contributed by atoms with Crippen molar-refractivity contribution in [3.05, 3.63) is 29.8 Å². The van der Waals surface area contributed by atoms with E-state index in [0.717, 1.165) is 6.54 Å². The van der Waals surface area contributed by atoms with Crippen LogP contribution < -0.4 is 5.32 Å². The highest BCUT2D eigenvalue weighted by Crippen LogP contribution is 2.31. The molecule has 0 amide bonds. The number of likely N-dealkylation sites (N-methyl/N-ethyl adjacent to an activating group) is 1. The molecule has 18 heavy (non-hydrogen) atoms. The Morgan fingerprint density at radius 3 is 3.00 bits per heavy atom. The van der Waals surface area contributed by atoms with Gasteiger partial charge in [-0.3, -0.25) is 0 Å². The molecule has 3 heteroatoms. The van der Waals surface area contributed by atoms with E-state index in [2.05, 4.69) is 54.7 Å². The number of nitrogens with zero attached hydrogens (tertiary/aromatic N) is 1. The fourth-order valence-corrected chi connectivity index (χ4v) is 3.37. The van der Waals surface area contributed by atoms with E-state index in [1.807, 2.05) is 11.8 Å². The van der Waals surface area contributed by atoms with Gasteiger partial charge in [-0.2, -0.15) is 11.8 Å². The number of para-hydroxylation sites is 1. The number of nitrogens with one attached hydrogen (secondary N) is 1. The molecule has 1 heterocycles. The topological polar surface area (TPSA) is 15.3 Å². The van der Waals surface area contributed by atoms with Crippen molar-refractivity contribution in [3.8, 4) is 0 Å². The van der Waals surface area contributed by atoms with Gasteiger partial charge in [0, 0.05) is 36.5 Å². The van der Waals surface area contributed by atoms with Gasteiger partial charge in [0.05, 0.1) is 0 Å². The van der Waals surface area contributed by atoms with Crippen LogP contribution in [0.3, 0.4) is 0 Å². The number of anilines is 1. The molecule has 0 aliphatic carbocycles. The fourth-order valence-electron chi connectivity index (χ4n) is 2.64. The molecule has 0 fully saturated rings. The van der Waals surface area contributed by atoms with Crippen LogP contribution in [-0.2, 0) is 0 Å². The van der Waals surface area contributed by atoms with E-state index in [9.17, 15) is 0 Å². The Labute approximate surface area is 115 Å². The molecule has 1 aromatic carbocycles. The largest absolute Gasteiger partial charge is 0.385 e. The van der Waals surface area contributed by atoms with E-state index in [1.165, 1.54) is 30.0 Å². The molecule has 100 valence electrons. The minimum Gasteiger partial charge on any atom is -0.385 e. The first kappa shape index (κ1) is 13.8.